The minimum absolute atomic E-state index is 0.153. The maximum Gasteiger partial charge on any atom is 0.0572 e. The summed E-state index contributed by atoms with van der Waals surface area (Å²) in [6.07, 6.45) is 2.26. The molecule has 0 heterocycles. The zero-order valence-corrected chi connectivity index (χ0v) is 8.01. The minimum Gasteiger partial charge on any atom is -0.395 e. The molecule has 0 aromatic heterocycles. The molecular formula is C8H22N2O. The van der Waals surface area contributed by atoms with E-state index in [0.29, 0.717) is 6.54 Å². The molecule has 0 spiro atoms. The molecule has 0 aliphatic carbocycles. The van der Waals surface area contributed by atoms with Crippen LogP contribution in [0.1, 0.15) is 33.6 Å². The lowest BCUT2D eigenvalue weighted by Crippen LogP contribution is -2.34. The molecule has 0 saturated carbocycles. The first kappa shape index (κ1) is 13.5. The molecule has 3 nitrogen and oxygen atoms in total. The highest BCUT2D eigenvalue weighted by Crippen LogP contribution is 1.87. The van der Waals surface area contributed by atoms with Gasteiger partial charge in [-0.05, 0) is 6.42 Å². The van der Waals surface area contributed by atoms with Crippen molar-refractivity contribution >= 4 is 0 Å². The van der Waals surface area contributed by atoms with Gasteiger partial charge in [-0.2, -0.15) is 0 Å². The zero-order valence-electron chi connectivity index (χ0n) is 8.01. The predicted octanol–water partition coefficient (Wildman–Crippen LogP) is 0.981. The highest BCUT2D eigenvalue weighted by atomic mass is 16.3. The molecule has 0 aromatic rings. The second kappa shape index (κ2) is 12.5. The van der Waals surface area contributed by atoms with Crippen molar-refractivity contribution < 1.29 is 5.11 Å². The fourth-order valence-electron chi connectivity index (χ4n) is 0.601. The fraction of sp³-hybridized carbons (Fsp3) is 1.00. The first-order valence-corrected chi connectivity index (χ1v) is 4.41. The Hall–Kier alpha value is -0.120. The molecule has 3 heteroatoms. The second-order valence-corrected chi connectivity index (χ2v) is 2.11. The lowest BCUT2D eigenvalue weighted by molar-refractivity contribution is 0.197. The van der Waals surface area contributed by atoms with Crippen molar-refractivity contribution in [1.82, 2.24) is 5.01 Å². The number of hydrogen-bond acceptors (Lipinski definition) is 3. The molecule has 0 fully saturated rings. The number of nitrogens with two attached hydrogens (primary N) is 1. The Kier molecular flexibility index (Phi) is 15.4. The molecule has 0 saturated heterocycles. The third-order valence-electron chi connectivity index (χ3n) is 1.19. The van der Waals surface area contributed by atoms with Crippen LogP contribution in [0.2, 0.25) is 0 Å². The summed E-state index contributed by atoms with van der Waals surface area (Å²) in [5, 5.41) is 10.1. The smallest absolute Gasteiger partial charge is 0.0572 e. The number of hydrazine groups is 1. The molecule has 11 heavy (non-hydrogen) atoms. The van der Waals surface area contributed by atoms with Crippen LogP contribution in [-0.2, 0) is 0 Å². The van der Waals surface area contributed by atoms with Crippen molar-refractivity contribution in [2.24, 2.45) is 5.84 Å². The van der Waals surface area contributed by atoms with Crippen LogP contribution >= 0.6 is 0 Å². The molecule has 0 amide bonds. The Bertz CT molecular complexity index is 60.1. The lowest BCUT2D eigenvalue weighted by Gasteiger charge is -2.12. The summed E-state index contributed by atoms with van der Waals surface area (Å²) in [6, 6.07) is 0. The van der Waals surface area contributed by atoms with Gasteiger partial charge in [0.2, 0.25) is 0 Å². The Balaban J connectivity index is 0. The Labute approximate surface area is 70.2 Å². The van der Waals surface area contributed by atoms with E-state index in [9.17, 15) is 0 Å². The van der Waals surface area contributed by atoms with Gasteiger partial charge in [0.25, 0.3) is 0 Å². The highest BCUT2D eigenvalue weighted by molar-refractivity contribution is 4.45. The van der Waals surface area contributed by atoms with Crippen molar-refractivity contribution in [2.45, 2.75) is 33.6 Å². The molecule has 0 atom stereocenters. The Morgan fingerprint density at radius 2 is 1.82 bits per heavy atom. The minimum atomic E-state index is 0.153. The van der Waals surface area contributed by atoms with E-state index in [2.05, 4.69) is 6.92 Å². The van der Waals surface area contributed by atoms with Crippen LogP contribution in [0.3, 0.4) is 0 Å². The van der Waals surface area contributed by atoms with Crippen molar-refractivity contribution in [3.05, 3.63) is 0 Å². The van der Waals surface area contributed by atoms with Gasteiger partial charge in [0.05, 0.1) is 6.61 Å². The quantitative estimate of drug-likeness (QED) is 0.468. The topological polar surface area (TPSA) is 49.5 Å². The van der Waals surface area contributed by atoms with Gasteiger partial charge in [0, 0.05) is 13.1 Å². The van der Waals surface area contributed by atoms with Crippen LogP contribution in [0.15, 0.2) is 0 Å². The predicted molar refractivity (Wildman–Crippen MR) is 49.1 cm³/mol. The molecule has 0 radical (unpaired) electrons. The van der Waals surface area contributed by atoms with Crippen LogP contribution in [-0.4, -0.2) is 29.8 Å². The third kappa shape index (κ3) is 13.0. The average molecular weight is 162 g/mol. The van der Waals surface area contributed by atoms with Crippen LogP contribution in [0.5, 0.6) is 0 Å². The van der Waals surface area contributed by atoms with Crippen molar-refractivity contribution in [1.29, 1.82) is 0 Å². The van der Waals surface area contributed by atoms with Crippen LogP contribution in [0, 0.1) is 0 Å². The van der Waals surface area contributed by atoms with E-state index >= 15 is 0 Å². The average Bonchev–Trinajstić information content (AvgIpc) is 2.05. The highest BCUT2D eigenvalue weighted by Gasteiger charge is 1.93. The first-order chi connectivity index (χ1) is 5.31. The largest absolute Gasteiger partial charge is 0.395 e. The van der Waals surface area contributed by atoms with Gasteiger partial charge < -0.3 is 5.11 Å². The number of hydrogen-bond donors (Lipinski definition) is 2. The summed E-state index contributed by atoms with van der Waals surface area (Å²) in [5.41, 5.74) is 0. The molecule has 0 unspecified atom stereocenters. The molecule has 70 valence electrons. The fourth-order valence-corrected chi connectivity index (χ4v) is 0.601. The van der Waals surface area contributed by atoms with E-state index in [1.165, 1.54) is 0 Å². The number of aliphatic hydroxyl groups excluding tert-OH is 1. The van der Waals surface area contributed by atoms with Gasteiger partial charge >= 0.3 is 0 Å². The Morgan fingerprint density at radius 1 is 1.27 bits per heavy atom. The third-order valence-corrected chi connectivity index (χ3v) is 1.19. The summed E-state index contributed by atoms with van der Waals surface area (Å²) in [4.78, 5) is 0. The van der Waals surface area contributed by atoms with Gasteiger partial charge in [-0.3, -0.25) is 5.84 Å². The molecule has 0 aliphatic rings. The van der Waals surface area contributed by atoms with Gasteiger partial charge in [0.1, 0.15) is 0 Å². The van der Waals surface area contributed by atoms with Crippen molar-refractivity contribution in [3.63, 3.8) is 0 Å². The summed E-state index contributed by atoms with van der Waals surface area (Å²) < 4.78 is 0. The Morgan fingerprint density at radius 3 is 2.18 bits per heavy atom. The molecule has 3 N–H and O–H groups in total. The number of aliphatic hydroxyl groups is 1. The summed E-state index contributed by atoms with van der Waals surface area (Å²) in [6.45, 7) is 7.74. The normalized spacial score (nSPS) is 9.27. The SMILES string of the molecule is CC.CCCCN(N)CCO. The van der Waals surface area contributed by atoms with E-state index in [-0.39, 0.29) is 6.61 Å². The lowest BCUT2D eigenvalue weighted by atomic mass is 10.3. The van der Waals surface area contributed by atoms with Crippen LogP contribution in [0.25, 0.3) is 0 Å². The number of rotatable bonds is 5. The molecule has 0 aliphatic heterocycles. The molecule has 0 rings (SSSR count). The van der Waals surface area contributed by atoms with Gasteiger partial charge in [-0.25, -0.2) is 5.01 Å². The number of nitrogens with zero attached hydrogens (tertiary/aromatic N) is 1. The molecule has 0 bridgehead atoms. The van der Waals surface area contributed by atoms with E-state index in [1.807, 2.05) is 13.8 Å². The summed E-state index contributed by atoms with van der Waals surface area (Å²) >= 11 is 0. The number of unbranched alkanes of at least 4 members (excludes halogenated alkanes) is 1. The van der Waals surface area contributed by atoms with Gasteiger partial charge in [0.15, 0.2) is 0 Å². The zero-order chi connectivity index (χ0) is 9.11. The van der Waals surface area contributed by atoms with Crippen molar-refractivity contribution in [3.8, 4) is 0 Å². The summed E-state index contributed by atoms with van der Waals surface area (Å²) in [5.74, 6) is 5.44. The van der Waals surface area contributed by atoms with Gasteiger partial charge in [-0.1, -0.05) is 27.2 Å². The van der Waals surface area contributed by atoms with E-state index < -0.39 is 0 Å². The van der Waals surface area contributed by atoms with E-state index in [4.69, 9.17) is 10.9 Å². The first-order valence-electron chi connectivity index (χ1n) is 4.41. The van der Waals surface area contributed by atoms with Gasteiger partial charge in [-0.15, -0.1) is 0 Å². The van der Waals surface area contributed by atoms with Crippen molar-refractivity contribution in [2.75, 3.05) is 19.7 Å². The van der Waals surface area contributed by atoms with E-state index in [1.54, 1.807) is 5.01 Å². The molecule has 0 aromatic carbocycles. The molecular weight excluding hydrogens is 140 g/mol. The standard InChI is InChI=1S/C6H16N2O.C2H6/c1-2-3-4-8(7)5-6-9;1-2/h9H,2-7H2,1H3;1-2H3. The van der Waals surface area contributed by atoms with E-state index in [0.717, 1.165) is 19.4 Å². The second-order valence-electron chi connectivity index (χ2n) is 2.11. The van der Waals surface area contributed by atoms with Crippen LogP contribution < -0.4 is 5.84 Å². The van der Waals surface area contributed by atoms with Crippen LogP contribution in [0.4, 0.5) is 0 Å². The summed E-state index contributed by atoms with van der Waals surface area (Å²) in [7, 11) is 0. The maximum atomic E-state index is 8.41. The monoisotopic (exact) mass is 162 g/mol. The maximum absolute atomic E-state index is 8.41.